The highest BCUT2D eigenvalue weighted by Gasteiger charge is 2.42. The molecule has 3 heterocycles. The van der Waals surface area contributed by atoms with Crippen molar-refractivity contribution in [2.45, 2.75) is 72.1 Å². The van der Waals surface area contributed by atoms with E-state index in [2.05, 4.69) is 67.7 Å². The summed E-state index contributed by atoms with van der Waals surface area (Å²) in [5.41, 5.74) is 14.0. The van der Waals surface area contributed by atoms with Gasteiger partial charge in [-0.15, -0.1) is 0 Å². The van der Waals surface area contributed by atoms with Crippen molar-refractivity contribution < 1.29 is 9.21 Å². The molecule has 0 atom stereocenters. The lowest BCUT2D eigenvalue weighted by molar-refractivity contribution is 0.0933. The highest BCUT2D eigenvalue weighted by Crippen LogP contribution is 2.50. The number of hydrazine groups is 1. The number of aryl methyl sites for hydroxylation is 4. The third-order valence-electron chi connectivity index (χ3n) is 7.54. The molecule has 3 aromatic heterocycles. The van der Waals surface area contributed by atoms with Gasteiger partial charge in [-0.3, -0.25) is 20.3 Å². The minimum absolute atomic E-state index is 0.144. The summed E-state index contributed by atoms with van der Waals surface area (Å²) in [5, 5.41) is 5.46. The van der Waals surface area contributed by atoms with Crippen molar-refractivity contribution in [2.24, 2.45) is 7.05 Å². The summed E-state index contributed by atoms with van der Waals surface area (Å²) in [6, 6.07) is 10.2. The zero-order chi connectivity index (χ0) is 26.0. The van der Waals surface area contributed by atoms with Gasteiger partial charge in [-0.2, -0.15) is 5.10 Å². The molecule has 1 aliphatic rings. The van der Waals surface area contributed by atoms with Crippen molar-refractivity contribution in [3.8, 4) is 0 Å². The number of amides is 1. The van der Waals surface area contributed by atoms with Crippen LogP contribution in [0.5, 0.6) is 0 Å². The highest BCUT2D eigenvalue weighted by molar-refractivity contribution is 5.92. The Labute approximate surface area is 212 Å². The summed E-state index contributed by atoms with van der Waals surface area (Å²) >= 11 is 0. The fourth-order valence-corrected chi connectivity index (χ4v) is 6.05. The summed E-state index contributed by atoms with van der Waals surface area (Å²) in [5.74, 6) is 1.21. The summed E-state index contributed by atoms with van der Waals surface area (Å²) in [4.78, 5) is 17.4. The van der Waals surface area contributed by atoms with Crippen LogP contribution in [-0.4, -0.2) is 20.7 Å². The van der Waals surface area contributed by atoms with Crippen molar-refractivity contribution in [3.05, 3.63) is 75.4 Å². The summed E-state index contributed by atoms with van der Waals surface area (Å²) in [6.07, 6.45) is 1.78. The normalized spacial score (nSPS) is 15.8. The van der Waals surface area contributed by atoms with Crippen molar-refractivity contribution >= 4 is 22.8 Å². The monoisotopic (exact) mass is 485 g/mol. The Hall–Kier alpha value is -3.61. The maximum Gasteiger partial charge on any atom is 0.305 e. The number of carbonyl (C=O) groups excluding carboxylic acids is 1. The zero-order valence-electron chi connectivity index (χ0n) is 22.5. The van der Waals surface area contributed by atoms with E-state index in [1.165, 1.54) is 22.3 Å². The van der Waals surface area contributed by atoms with E-state index in [9.17, 15) is 4.79 Å². The van der Waals surface area contributed by atoms with Gasteiger partial charge in [-0.05, 0) is 84.0 Å². The van der Waals surface area contributed by atoms with Gasteiger partial charge in [0.05, 0.1) is 5.69 Å². The number of fused-ring (bicyclic) bond motifs is 2. The van der Waals surface area contributed by atoms with Crippen LogP contribution in [0.4, 0.5) is 5.82 Å². The second kappa shape index (κ2) is 8.22. The number of pyridine rings is 1. The lowest BCUT2D eigenvalue weighted by Gasteiger charge is -2.22. The maximum atomic E-state index is 12.8. The van der Waals surface area contributed by atoms with Crippen LogP contribution in [0.3, 0.4) is 0 Å². The van der Waals surface area contributed by atoms with Gasteiger partial charge in [0.2, 0.25) is 0 Å². The Morgan fingerprint density at radius 2 is 1.72 bits per heavy atom. The van der Waals surface area contributed by atoms with Crippen LogP contribution < -0.4 is 10.9 Å². The van der Waals surface area contributed by atoms with Gasteiger partial charge in [0.25, 0.3) is 0 Å². The van der Waals surface area contributed by atoms with Crippen molar-refractivity contribution in [1.82, 2.24) is 20.2 Å². The van der Waals surface area contributed by atoms with Crippen LogP contribution in [0.25, 0.3) is 11.0 Å². The molecule has 7 heteroatoms. The molecule has 0 saturated heterocycles. The van der Waals surface area contributed by atoms with E-state index in [1.807, 2.05) is 33.0 Å². The third-order valence-corrected chi connectivity index (χ3v) is 7.54. The Balaban J connectivity index is 1.30. The molecule has 0 radical (unpaired) electrons. The molecule has 188 valence electrons. The van der Waals surface area contributed by atoms with Gasteiger partial charge in [-0.1, -0.05) is 39.8 Å². The minimum atomic E-state index is -0.351. The molecule has 5 rings (SSSR count). The minimum Gasteiger partial charge on any atom is -0.456 e. The van der Waals surface area contributed by atoms with E-state index in [0.717, 1.165) is 34.5 Å². The van der Waals surface area contributed by atoms with E-state index in [1.54, 1.807) is 10.7 Å². The maximum absolute atomic E-state index is 12.8. The molecule has 0 spiro atoms. The topological polar surface area (TPSA) is 85.0 Å². The standard InChI is InChI=1S/C29H35N5O2/c1-16-11-21-22(29(6,7)15-28(21,4)5)14-19(16)13-20-9-10-23(36-20)27(35)32-31-24-12-17(2)25-18(3)33-34(8)26(25)30-24/h9-12,14H,13,15H2,1-8H3,(H,30,31)(H,32,35). The van der Waals surface area contributed by atoms with Gasteiger partial charge in [0, 0.05) is 18.9 Å². The largest absolute Gasteiger partial charge is 0.456 e. The second-order valence-corrected chi connectivity index (χ2v) is 11.5. The Morgan fingerprint density at radius 1 is 1.03 bits per heavy atom. The van der Waals surface area contributed by atoms with Crippen LogP contribution in [-0.2, 0) is 24.3 Å². The van der Waals surface area contributed by atoms with Gasteiger partial charge < -0.3 is 4.42 Å². The van der Waals surface area contributed by atoms with Crippen molar-refractivity contribution in [3.63, 3.8) is 0 Å². The molecule has 1 aromatic carbocycles. The number of nitrogens with one attached hydrogen (secondary N) is 2. The van der Waals surface area contributed by atoms with E-state index >= 15 is 0 Å². The van der Waals surface area contributed by atoms with E-state index < -0.39 is 0 Å². The number of hydrogen-bond donors (Lipinski definition) is 2. The van der Waals surface area contributed by atoms with E-state index in [-0.39, 0.29) is 22.5 Å². The van der Waals surface area contributed by atoms with Crippen LogP contribution >= 0.6 is 0 Å². The molecule has 0 aliphatic heterocycles. The van der Waals surface area contributed by atoms with Crippen LogP contribution in [0.15, 0.2) is 34.7 Å². The third kappa shape index (κ3) is 4.06. The molecule has 7 nitrogen and oxygen atoms in total. The summed E-state index contributed by atoms with van der Waals surface area (Å²) in [6.45, 7) is 15.4. The zero-order valence-corrected chi connectivity index (χ0v) is 22.5. The second-order valence-electron chi connectivity index (χ2n) is 11.5. The number of aromatic nitrogens is 3. The smallest absolute Gasteiger partial charge is 0.305 e. The Morgan fingerprint density at radius 3 is 2.44 bits per heavy atom. The van der Waals surface area contributed by atoms with Gasteiger partial charge in [0.1, 0.15) is 11.6 Å². The van der Waals surface area contributed by atoms with E-state index in [0.29, 0.717) is 12.2 Å². The summed E-state index contributed by atoms with van der Waals surface area (Å²) in [7, 11) is 1.86. The average molecular weight is 486 g/mol. The Kier molecular flexibility index (Phi) is 5.50. The van der Waals surface area contributed by atoms with E-state index in [4.69, 9.17) is 4.42 Å². The molecule has 1 aliphatic carbocycles. The van der Waals surface area contributed by atoms with Crippen LogP contribution in [0.2, 0.25) is 0 Å². The number of hydrogen-bond acceptors (Lipinski definition) is 5. The highest BCUT2D eigenvalue weighted by atomic mass is 16.4. The first-order valence-electron chi connectivity index (χ1n) is 12.5. The first-order chi connectivity index (χ1) is 16.9. The molecular weight excluding hydrogens is 450 g/mol. The molecule has 0 saturated carbocycles. The van der Waals surface area contributed by atoms with Crippen molar-refractivity contribution in [2.75, 3.05) is 5.43 Å². The molecule has 1 amide bonds. The van der Waals surface area contributed by atoms with Gasteiger partial charge in [0.15, 0.2) is 11.4 Å². The number of rotatable bonds is 5. The first-order valence-corrected chi connectivity index (χ1v) is 12.5. The molecule has 0 bridgehead atoms. The lowest BCUT2D eigenvalue weighted by atomic mass is 9.82. The van der Waals surface area contributed by atoms with Crippen LogP contribution in [0, 0.1) is 20.8 Å². The number of benzene rings is 1. The molecule has 0 unspecified atom stereocenters. The molecular formula is C29H35N5O2. The Bertz CT molecular complexity index is 1510. The fourth-order valence-electron chi connectivity index (χ4n) is 6.05. The van der Waals surface area contributed by atoms with Gasteiger partial charge >= 0.3 is 5.91 Å². The van der Waals surface area contributed by atoms with Gasteiger partial charge in [-0.25, -0.2) is 4.98 Å². The van der Waals surface area contributed by atoms with Crippen molar-refractivity contribution in [1.29, 1.82) is 0 Å². The number of furan rings is 1. The fraction of sp³-hybridized carbons (Fsp3) is 0.414. The summed E-state index contributed by atoms with van der Waals surface area (Å²) < 4.78 is 7.68. The number of anilines is 1. The molecule has 4 aromatic rings. The number of carbonyl (C=O) groups is 1. The molecule has 0 fully saturated rings. The lowest BCUT2D eigenvalue weighted by Crippen LogP contribution is -2.29. The average Bonchev–Trinajstić information content (AvgIpc) is 3.41. The first kappa shape index (κ1) is 24.1. The SMILES string of the molecule is Cc1cc2c(cc1Cc1ccc(C(=O)NNc3cc(C)c4c(C)nn(C)c4n3)o1)C(C)(C)CC2(C)C. The predicted octanol–water partition coefficient (Wildman–Crippen LogP) is 5.79. The van der Waals surface area contributed by atoms with Crippen LogP contribution in [0.1, 0.15) is 83.9 Å². The predicted molar refractivity (Wildman–Crippen MR) is 142 cm³/mol. The quantitative estimate of drug-likeness (QED) is 0.349. The molecule has 36 heavy (non-hydrogen) atoms. The number of nitrogens with zero attached hydrogens (tertiary/aromatic N) is 3. The molecule has 2 N–H and O–H groups in total.